The molecule has 19 heavy (non-hydrogen) atoms. The van der Waals surface area contributed by atoms with Crippen LogP contribution in [0.4, 0.5) is 10.1 Å². The third-order valence-electron chi connectivity index (χ3n) is 2.37. The molecule has 0 saturated heterocycles. The van der Waals surface area contributed by atoms with E-state index in [1.807, 2.05) is 0 Å². The second-order valence-corrected chi connectivity index (χ2v) is 3.80. The normalized spacial score (nSPS) is 10.4. The monoisotopic (exact) mass is 271 g/mol. The lowest BCUT2D eigenvalue weighted by Gasteiger charge is -2.07. The Morgan fingerprint density at radius 3 is 2.79 bits per heavy atom. The van der Waals surface area contributed by atoms with Crippen LogP contribution in [0.25, 0.3) is 0 Å². The van der Waals surface area contributed by atoms with Crippen molar-refractivity contribution in [1.82, 2.24) is 0 Å². The van der Waals surface area contributed by atoms with Gasteiger partial charge in [-0.1, -0.05) is 6.07 Å². The second kappa shape index (κ2) is 8.44. The topological polar surface area (TPSA) is 70.8 Å². The number of anilines is 1. The van der Waals surface area contributed by atoms with Crippen LogP contribution in [0.1, 0.15) is 16.8 Å². The van der Waals surface area contributed by atoms with Gasteiger partial charge in [0.05, 0.1) is 31.1 Å². The van der Waals surface area contributed by atoms with Crippen molar-refractivity contribution in [3.05, 3.63) is 29.6 Å². The van der Waals surface area contributed by atoms with Crippen LogP contribution in [0, 0.1) is 5.82 Å². The molecule has 0 spiro atoms. The highest BCUT2D eigenvalue weighted by atomic mass is 19.1. The van der Waals surface area contributed by atoms with Gasteiger partial charge in [-0.2, -0.15) is 0 Å². The summed E-state index contributed by atoms with van der Waals surface area (Å²) in [5.41, 5.74) is 5.31. The van der Waals surface area contributed by atoms with Crippen LogP contribution in [-0.2, 0) is 14.2 Å². The van der Waals surface area contributed by atoms with Gasteiger partial charge >= 0.3 is 5.97 Å². The summed E-state index contributed by atoms with van der Waals surface area (Å²) < 4.78 is 28.1. The fourth-order valence-electron chi connectivity index (χ4n) is 1.36. The number of methoxy groups -OCH3 is 1. The predicted molar refractivity (Wildman–Crippen MR) is 68.4 cm³/mol. The predicted octanol–water partition coefficient (Wildman–Crippen LogP) is 1.62. The van der Waals surface area contributed by atoms with Gasteiger partial charge in [-0.3, -0.25) is 0 Å². The van der Waals surface area contributed by atoms with E-state index in [0.29, 0.717) is 26.2 Å². The molecule has 0 aliphatic carbocycles. The molecular weight excluding hydrogens is 253 g/mol. The summed E-state index contributed by atoms with van der Waals surface area (Å²) in [6.45, 7) is 1.69. The number of ether oxygens (including phenoxy) is 3. The summed E-state index contributed by atoms with van der Waals surface area (Å²) in [6.07, 6.45) is 0.560. The molecule has 0 saturated carbocycles. The van der Waals surface area contributed by atoms with Gasteiger partial charge in [-0.15, -0.1) is 0 Å². The molecule has 0 unspecified atom stereocenters. The molecule has 106 valence electrons. The van der Waals surface area contributed by atoms with Crippen molar-refractivity contribution in [3.63, 3.8) is 0 Å². The maximum absolute atomic E-state index is 13.1. The van der Waals surface area contributed by atoms with E-state index in [2.05, 4.69) is 0 Å². The Balaban J connectivity index is 2.26. The second-order valence-electron chi connectivity index (χ2n) is 3.80. The Labute approximate surface area is 111 Å². The van der Waals surface area contributed by atoms with Crippen molar-refractivity contribution in [1.29, 1.82) is 0 Å². The number of rotatable bonds is 8. The number of esters is 1. The first-order chi connectivity index (χ1) is 9.16. The van der Waals surface area contributed by atoms with Crippen molar-refractivity contribution in [2.24, 2.45) is 0 Å². The van der Waals surface area contributed by atoms with Crippen LogP contribution >= 0.6 is 0 Å². The van der Waals surface area contributed by atoms with Gasteiger partial charge in [0.25, 0.3) is 0 Å². The van der Waals surface area contributed by atoms with E-state index in [1.54, 1.807) is 7.11 Å². The molecule has 0 amide bonds. The summed E-state index contributed by atoms with van der Waals surface area (Å²) >= 11 is 0. The molecule has 5 nitrogen and oxygen atoms in total. The number of halogens is 1. The van der Waals surface area contributed by atoms with Crippen molar-refractivity contribution in [2.75, 3.05) is 39.3 Å². The van der Waals surface area contributed by atoms with Crippen molar-refractivity contribution in [2.45, 2.75) is 6.42 Å². The van der Waals surface area contributed by atoms with Crippen molar-refractivity contribution >= 4 is 11.7 Å². The molecule has 0 radical (unpaired) electrons. The van der Waals surface area contributed by atoms with Gasteiger partial charge in [0.2, 0.25) is 0 Å². The van der Waals surface area contributed by atoms with Crippen LogP contribution in [0.3, 0.4) is 0 Å². The fraction of sp³-hybridized carbons (Fsp3) is 0.462. The fourth-order valence-corrected chi connectivity index (χ4v) is 1.36. The Kier molecular flexibility index (Phi) is 6.84. The number of hydrogen-bond acceptors (Lipinski definition) is 5. The Hall–Kier alpha value is -1.66. The highest BCUT2D eigenvalue weighted by Crippen LogP contribution is 2.16. The molecule has 0 atom stereocenters. The van der Waals surface area contributed by atoms with Gasteiger partial charge in [0.1, 0.15) is 5.82 Å². The summed E-state index contributed by atoms with van der Waals surface area (Å²) in [5.74, 6) is -1.26. The lowest BCUT2D eigenvalue weighted by molar-refractivity contribution is 0.0386. The lowest BCUT2D eigenvalue weighted by Crippen LogP contribution is -2.12. The zero-order valence-electron chi connectivity index (χ0n) is 10.9. The standard InChI is InChI=1S/C13H18FNO4/c1-17-8-9-18-6-3-7-19-13(16)10-4-2-5-11(14)12(10)15/h2,4-5H,3,6-9,15H2,1H3. The zero-order valence-corrected chi connectivity index (χ0v) is 10.9. The molecule has 0 fully saturated rings. The van der Waals surface area contributed by atoms with Crippen LogP contribution in [0.15, 0.2) is 18.2 Å². The average Bonchev–Trinajstić information content (AvgIpc) is 2.40. The molecule has 0 aliphatic heterocycles. The molecule has 0 aromatic heterocycles. The van der Waals surface area contributed by atoms with Gasteiger partial charge in [-0.25, -0.2) is 9.18 Å². The van der Waals surface area contributed by atoms with Gasteiger partial charge < -0.3 is 19.9 Å². The minimum atomic E-state index is -0.631. The molecule has 0 bridgehead atoms. The summed E-state index contributed by atoms with van der Waals surface area (Å²) in [5, 5.41) is 0. The van der Waals surface area contributed by atoms with E-state index in [4.69, 9.17) is 19.9 Å². The highest BCUT2D eigenvalue weighted by Gasteiger charge is 2.13. The Bertz CT molecular complexity index is 412. The molecule has 1 aromatic carbocycles. The van der Waals surface area contributed by atoms with E-state index >= 15 is 0 Å². The summed E-state index contributed by atoms with van der Waals surface area (Å²) in [4.78, 5) is 11.6. The Morgan fingerprint density at radius 1 is 1.26 bits per heavy atom. The smallest absolute Gasteiger partial charge is 0.340 e. The first kappa shape index (κ1) is 15.4. The van der Waals surface area contributed by atoms with Crippen LogP contribution in [0.5, 0.6) is 0 Å². The molecule has 2 N–H and O–H groups in total. The van der Waals surface area contributed by atoms with E-state index in [0.717, 1.165) is 0 Å². The van der Waals surface area contributed by atoms with Crippen LogP contribution < -0.4 is 5.73 Å². The molecule has 0 aliphatic rings. The lowest BCUT2D eigenvalue weighted by atomic mass is 10.2. The molecule has 1 rings (SSSR count). The SMILES string of the molecule is COCCOCCCOC(=O)c1cccc(F)c1N. The minimum absolute atomic E-state index is 0.0419. The van der Waals surface area contributed by atoms with Crippen LogP contribution in [0.2, 0.25) is 0 Å². The first-order valence-electron chi connectivity index (χ1n) is 5.94. The van der Waals surface area contributed by atoms with Crippen molar-refractivity contribution < 1.29 is 23.4 Å². The third-order valence-corrected chi connectivity index (χ3v) is 2.37. The molecule has 1 aromatic rings. The number of carbonyl (C=O) groups excluding carboxylic acids is 1. The molecule has 6 heteroatoms. The number of nitrogen functional groups attached to an aromatic ring is 1. The van der Waals surface area contributed by atoms with E-state index in [9.17, 15) is 9.18 Å². The number of nitrogens with two attached hydrogens (primary N) is 1. The number of carbonyl (C=O) groups is 1. The third kappa shape index (κ3) is 5.23. The maximum Gasteiger partial charge on any atom is 0.340 e. The number of hydrogen-bond donors (Lipinski definition) is 1. The van der Waals surface area contributed by atoms with Crippen LogP contribution in [-0.4, -0.2) is 39.5 Å². The number of benzene rings is 1. The zero-order chi connectivity index (χ0) is 14.1. The van der Waals surface area contributed by atoms with E-state index in [-0.39, 0.29) is 17.9 Å². The largest absolute Gasteiger partial charge is 0.462 e. The molecule has 0 heterocycles. The minimum Gasteiger partial charge on any atom is -0.462 e. The van der Waals surface area contributed by atoms with Gasteiger partial charge in [0, 0.05) is 20.1 Å². The highest BCUT2D eigenvalue weighted by molar-refractivity contribution is 5.95. The first-order valence-corrected chi connectivity index (χ1v) is 5.94. The van der Waals surface area contributed by atoms with Gasteiger partial charge in [-0.05, 0) is 12.1 Å². The van der Waals surface area contributed by atoms with Gasteiger partial charge in [0.15, 0.2) is 0 Å². The quantitative estimate of drug-likeness (QED) is 0.442. The maximum atomic E-state index is 13.1. The Morgan fingerprint density at radius 2 is 2.05 bits per heavy atom. The summed E-state index contributed by atoms with van der Waals surface area (Å²) in [7, 11) is 1.59. The summed E-state index contributed by atoms with van der Waals surface area (Å²) in [6, 6.07) is 4.03. The van der Waals surface area contributed by atoms with E-state index < -0.39 is 11.8 Å². The van der Waals surface area contributed by atoms with Crippen molar-refractivity contribution in [3.8, 4) is 0 Å². The molecular formula is C13H18FNO4. The van der Waals surface area contributed by atoms with E-state index in [1.165, 1.54) is 18.2 Å². The average molecular weight is 271 g/mol. The number of para-hydroxylation sites is 1.